The quantitative estimate of drug-likeness (QED) is 0.888. The van der Waals surface area contributed by atoms with Gasteiger partial charge in [0.1, 0.15) is 5.75 Å². The van der Waals surface area contributed by atoms with Crippen LogP contribution in [0.3, 0.4) is 0 Å². The van der Waals surface area contributed by atoms with Crippen molar-refractivity contribution in [2.75, 3.05) is 0 Å². The van der Waals surface area contributed by atoms with Gasteiger partial charge in [-0.3, -0.25) is 0 Å². The monoisotopic (exact) mass is 297 g/mol. The molecule has 1 heterocycles. The maximum absolute atomic E-state index is 10.1. The molecule has 0 unspecified atom stereocenters. The van der Waals surface area contributed by atoms with Crippen LogP contribution in [0.1, 0.15) is 17.0 Å². The molecule has 0 saturated carbocycles. The van der Waals surface area contributed by atoms with E-state index in [4.69, 9.17) is 10.3 Å². The van der Waals surface area contributed by atoms with Gasteiger partial charge in [-0.2, -0.15) is 4.98 Å². The number of aryl methyl sites for hydroxylation is 1. The number of nitrogens with two attached hydrogens (primary N) is 1. The predicted octanol–water partition coefficient (Wildman–Crippen LogP) is 2.28. The van der Waals surface area contributed by atoms with Gasteiger partial charge in [-0.1, -0.05) is 21.1 Å². The number of hydrogen-bond acceptors (Lipinski definition) is 5. The minimum absolute atomic E-state index is 0.162. The third-order valence-electron chi connectivity index (χ3n) is 2.55. The molecule has 0 amide bonds. The third-order valence-corrected chi connectivity index (χ3v) is 3.38. The molecule has 90 valence electrons. The second-order valence-corrected chi connectivity index (χ2v) is 4.59. The van der Waals surface area contributed by atoms with E-state index in [1.165, 1.54) is 0 Å². The Morgan fingerprint density at radius 3 is 2.76 bits per heavy atom. The molecule has 2 rings (SSSR count). The van der Waals surface area contributed by atoms with Crippen molar-refractivity contribution < 1.29 is 9.63 Å². The van der Waals surface area contributed by atoms with Crippen molar-refractivity contribution in [1.82, 2.24) is 10.1 Å². The van der Waals surface area contributed by atoms with Crippen molar-refractivity contribution >= 4 is 15.9 Å². The topological polar surface area (TPSA) is 85.2 Å². The molecular formula is C11H12BrN3O2. The van der Waals surface area contributed by atoms with Crippen LogP contribution in [0.4, 0.5) is 0 Å². The summed E-state index contributed by atoms with van der Waals surface area (Å²) in [6, 6.07) is 1.85. The van der Waals surface area contributed by atoms with E-state index in [2.05, 4.69) is 26.1 Å². The fourth-order valence-electron chi connectivity index (χ4n) is 1.57. The summed E-state index contributed by atoms with van der Waals surface area (Å²) in [5.74, 6) is 0.858. The van der Waals surface area contributed by atoms with Crippen LogP contribution >= 0.6 is 15.9 Å². The second kappa shape index (κ2) is 4.46. The Morgan fingerprint density at radius 2 is 2.18 bits per heavy atom. The fourth-order valence-corrected chi connectivity index (χ4v) is 2.12. The first-order chi connectivity index (χ1) is 8.04. The van der Waals surface area contributed by atoms with Crippen molar-refractivity contribution in [2.24, 2.45) is 5.73 Å². The molecule has 0 saturated heterocycles. The number of aromatic nitrogens is 2. The molecular weight excluding hydrogens is 286 g/mol. The van der Waals surface area contributed by atoms with Gasteiger partial charge in [-0.05, 0) is 31.0 Å². The molecule has 3 N–H and O–H groups in total. The van der Waals surface area contributed by atoms with Crippen LogP contribution in [0, 0.1) is 13.8 Å². The highest BCUT2D eigenvalue weighted by molar-refractivity contribution is 9.10. The molecule has 17 heavy (non-hydrogen) atoms. The highest BCUT2D eigenvalue weighted by Crippen LogP contribution is 2.37. The summed E-state index contributed by atoms with van der Waals surface area (Å²) >= 11 is 3.43. The molecule has 0 aliphatic carbocycles. The van der Waals surface area contributed by atoms with E-state index in [1.54, 1.807) is 0 Å². The lowest BCUT2D eigenvalue weighted by Crippen LogP contribution is -1.96. The summed E-state index contributed by atoms with van der Waals surface area (Å²) in [6.45, 7) is 3.86. The first-order valence-corrected chi connectivity index (χ1v) is 5.85. The van der Waals surface area contributed by atoms with Crippen molar-refractivity contribution in [1.29, 1.82) is 0 Å². The van der Waals surface area contributed by atoms with Gasteiger partial charge >= 0.3 is 0 Å². The molecule has 0 spiro atoms. The lowest BCUT2D eigenvalue weighted by Gasteiger charge is -2.09. The Balaban J connectivity index is 2.65. The van der Waals surface area contributed by atoms with E-state index < -0.39 is 0 Å². The molecule has 5 nitrogen and oxygen atoms in total. The molecule has 0 fully saturated rings. The van der Waals surface area contributed by atoms with Gasteiger partial charge in [0.15, 0.2) is 0 Å². The largest absolute Gasteiger partial charge is 0.507 e. The number of rotatable bonds is 2. The van der Waals surface area contributed by atoms with Crippen molar-refractivity contribution in [2.45, 2.75) is 20.4 Å². The van der Waals surface area contributed by atoms with Crippen molar-refractivity contribution in [3.05, 3.63) is 27.6 Å². The molecule has 1 aromatic heterocycles. The Kier molecular flexibility index (Phi) is 3.17. The van der Waals surface area contributed by atoms with Gasteiger partial charge < -0.3 is 15.4 Å². The molecule has 0 atom stereocenters. The first kappa shape index (κ1) is 12.1. The average molecular weight is 298 g/mol. The van der Waals surface area contributed by atoms with Gasteiger partial charge in [0.2, 0.25) is 11.7 Å². The minimum Gasteiger partial charge on any atom is -0.507 e. The molecule has 6 heteroatoms. The van der Waals surface area contributed by atoms with Gasteiger partial charge in [0.05, 0.1) is 12.1 Å². The van der Waals surface area contributed by atoms with E-state index in [9.17, 15) is 5.11 Å². The number of benzene rings is 1. The summed E-state index contributed by atoms with van der Waals surface area (Å²) in [5.41, 5.74) is 7.58. The number of phenols is 1. The van der Waals surface area contributed by atoms with Crippen LogP contribution in [0.25, 0.3) is 11.4 Å². The zero-order valence-electron chi connectivity index (χ0n) is 9.49. The fraction of sp³-hybridized carbons (Fsp3) is 0.273. The van der Waals surface area contributed by atoms with Crippen LogP contribution in [0.5, 0.6) is 5.75 Å². The summed E-state index contributed by atoms with van der Waals surface area (Å²) in [4.78, 5) is 4.12. The predicted molar refractivity (Wildman–Crippen MR) is 66.5 cm³/mol. The Morgan fingerprint density at radius 1 is 1.47 bits per heavy atom. The SMILES string of the molecule is Cc1cc(Br)c(C)c(-c2noc(CN)n2)c1O. The zero-order chi connectivity index (χ0) is 12.6. The molecule has 2 aromatic rings. The summed E-state index contributed by atoms with van der Waals surface area (Å²) in [6.07, 6.45) is 0. The second-order valence-electron chi connectivity index (χ2n) is 3.74. The molecule has 0 aliphatic rings. The number of aromatic hydroxyl groups is 1. The van der Waals surface area contributed by atoms with E-state index in [0.29, 0.717) is 17.3 Å². The zero-order valence-corrected chi connectivity index (χ0v) is 11.1. The smallest absolute Gasteiger partial charge is 0.240 e. The highest BCUT2D eigenvalue weighted by atomic mass is 79.9. The van der Waals surface area contributed by atoms with Crippen molar-refractivity contribution in [3.63, 3.8) is 0 Å². The lowest BCUT2D eigenvalue weighted by atomic mass is 10.0. The average Bonchev–Trinajstić information content (AvgIpc) is 2.75. The lowest BCUT2D eigenvalue weighted by molar-refractivity contribution is 0.380. The van der Waals surface area contributed by atoms with Crippen LogP contribution in [0.15, 0.2) is 15.1 Å². The normalized spacial score (nSPS) is 10.8. The van der Waals surface area contributed by atoms with E-state index in [-0.39, 0.29) is 12.3 Å². The van der Waals surface area contributed by atoms with Gasteiger partial charge in [-0.15, -0.1) is 0 Å². The van der Waals surface area contributed by atoms with Crippen LogP contribution < -0.4 is 5.73 Å². The van der Waals surface area contributed by atoms with Crippen LogP contribution in [0.2, 0.25) is 0 Å². The molecule has 1 aromatic carbocycles. The summed E-state index contributed by atoms with van der Waals surface area (Å²) in [7, 11) is 0. The van der Waals surface area contributed by atoms with E-state index >= 15 is 0 Å². The Labute approximate surface area is 107 Å². The maximum Gasteiger partial charge on any atom is 0.240 e. The highest BCUT2D eigenvalue weighted by Gasteiger charge is 2.18. The Hall–Kier alpha value is -1.40. The number of hydrogen-bond donors (Lipinski definition) is 2. The standard InChI is InChI=1S/C11H12BrN3O2/c1-5-3-7(12)6(2)9(10(5)16)11-14-8(4-13)17-15-11/h3,16H,4,13H2,1-2H3. The van der Waals surface area contributed by atoms with Crippen LogP contribution in [-0.2, 0) is 6.54 Å². The number of nitrogens with zero attached hydrogens (tertiary/aromatic N) is 2. The van der Waals surface area contributed by atoms with Gasteiger partial charge in [0, 0.05) is 4.47 Å². The number of phenolic OH excluding ortho intramolecular Hbond substituents is 1. The third kappa shape index (κ3) is 2.05. The first-order valence-electron chi connectivity index (χ1n) is 5.06. The maximum atomic E-state index is 10.1. The number of halogens is 1. The molecule has 0 radical (unpaired) electrons. The summed E-state index contributed by atoms with van der Waals surface area (Å²) in [5, 5.41) is 13.9. The van der Waals surface area contributed by atoms with Gasteiger partial charge in [-0.25, -0.2) is 0 Å². The van der Waals surface area contributed by atoms with E-state index in [0.717, 1.165) is 15.6 Å². The summed E-state index contributed by atoms with van der Waals surface area (Å²) < 4.78 is 5.84. The minimum atomic E-state index is 0.162. The Bertz CT molecular complexity index is 540. The van der Waals surface area contributed by atoms with Crippen molar-refractivity contribution in [3.8, 4) is 17.1 Å². The van der Waals surface area contributed by atoms with E-state index in [1.807, 2.05) is 19.9 Å². The molecule has 0 aliphatic heterocycles. The van der Waals surface area contributed by atoms with Crippen LogP contribution in [-0.4, -0.2) is 15.2 Å². The van der Waals surface area contributed by atoms with Gasteiger partial charge in [0.25, 0.3) is 0 Å². The molecule has 0 bridgehead atoms.